The fraction of sp³-hybridized carbons (Fsp3) is 0.647. The fourth-order valence-corrected chi connectivity index (χ4v) is 2.67. The van der Waals surface area contributed by atoms with Gasteiger partial charge >= 0.3 is 0 Å². The Morgan fingerprint density at radius 1 is 1.30 bits per heavy atom. The minimum Gasteiger partial charge on any atom is -0.385 e. The highest BCUT2D eigenvalue weighted by Gasteiger charge is 2.16. The summed E-state index contributed by atoms with van der Waals surface area (Å²) >= 11 is 0. The number of pyridine rings is 1. The van der Waals surface area contributed by atoms with Crippen molar-refractivity contribution in [1.29, 1.82) is 0 Å². The molecule has 6 heteroatoms. The van der Waals surface area contributed by atoms with Crippen LogP contribution in [0.25, 0.3) is 0 Å². The molecule has 0 unspecified atom stereocenters. The van der Waals surface area contributed by atoms with Crippen LogP contribution >= 0.6 is 0 Å². The standard InChI is InChI=1S/C17H28N4O2/c1-3-20-8-10-21(11-9-20)16-7-6-15(13-18-16)14-19-17(22)5-4-12-23-2/h6-7,13H,3-5,8-12,14H2,1-2H3,(H,19,22). The van der Waals surface area contributed by atoms with E-state index in [2.05, 4.69) is 27.0 Å². The van der Waals surface area contributed by atoms with Crippen LogP contribution in [0.5, 0.6) is 0 Å². The summed E-state index contributed by atoms with van der Waals surface area (Å²) in [7, 11) is 1.65. The molecule has 0 aromatic carbocycles. The number of nitrogens with one attached hydrogen (secondary N) is 1. The lowest BCUT2D eigenvalue weighted by atomic mass is 10.2. The Hall–Kier alpha value is -1.66. The normalized spacial score (nSPS) is 15.7. The van der Waals surface area contributed by atoms with E-state index in [9.17, 15) is 4.79 Å². The van der Waals surface area contributed by atoms with Gasteiger partial charge in [-0.2, -0.15) is 0 Å². The molecule has 1 aliphatic rings. The number of hydrogen-bond acceptors (Lipinski definition) is 5. The summed E-state index contributed by atoms with van der Waals surface area (Å²) in [6.45, 7) is 8.70. The Balaban J connectivity index is 1.75. The lowest BCUT2D eigenvalue weighted by Gasteiger charge is -2.34. The summed E-state index contributed by atoms with van der Waals surface area (Å²) in [5, 5.41) is 2.92. The van der Waals surface area contributed by atoms with Crippen LogP contribution in [0.4, 0.5) is 5.82 Å². The van der Waals surface area contributed by atoms with Crippen molar-refractivity contribution in [2.24, 2.45) is 0 Å². The molecule has 0 radical (unpaired) electrons. The van der Waals surface area contributed by atoms with Gasteiger partial charge in [0, 0.05) is 59.1 Å². The minimum absolute atomic E-state index is 0.0572. The monoisotopic (exact) mass is 320 g/mol. The van der Waals surface area contributed by atoms with E-state index in [4.69, 9.17) is 4.74 Å². The van der Waals surface area contributed by atoms with Crippen LogP contribution < -0.4 is 10.2 Å². The first kappa shape index (κ1) is 17.7. The molecule has 2 rings (SSSR count). The van der Waals surface area contributed by atoms with Crippen molar-refractivity contribution >= 4 is 11.7 Å². The number of methoxy groups -OCH3 is 1. The molecule has 0 bridgehead atoms. The van der Waals surface area contributed by atoms with Crippen LogP contribution in [0.1, 0.15) is 25.3 Å². The largest absolute Gasteiger partial charge is 0.385 e. The Morgan fingerprint density at radius 2 is 2.09 bits per heavy atom. The molecule has 128 valence electrons. The maximum atomic E-state index is 11.7. The number of ether oxygens (including phenoxy) is 1. The van der Waals surface area contributed by atoms with Crippen LogP contribution in [0.15, 0.2) is 18.3 Å². The van der Waals surface area contributed by atoms with Crippen LogP contribution in [0, 0.1) is 0 Å². The van der Waals surface area contributed by atoms with Gasteiger partial charge in [0.05, 0.1) is 0 Å². The van der Waals surface area contributed by atoms with Crippen LogP contribution in [0.2, 0.25) is 0 Å². The molecule has 1 aromatic rings. The topological polar surface area (TPSA) is 57.7 Å². The van der Waals surface area contributed by atoms with Crippen molar-refractivity contribution in [2.45, 2.75) is 26.3 Å². The summed E-state index contributed by atoms with van der Waals surface area (Å²) in [4.78, 5) is 21.0. The Kier molecular flexibility index (Phi) is 7.29. The number of likely N-dealkylation sites (N-methyl/N-ethyl adjacent to an activating group) is 1. The summed E-state index contributed by atoms with van der Waals surface area (Å²) in [5.74, 6) is 1.08. The van der Waals surface area contributed by atoms with Crippen molar-refractivity contribution in [3.05, 3.63) is 23.9 Å². The number of piperazine rings is 1. The molecule has 0 aliphatic carbocycles. The number of aromatic nitrogens is 1. The highest BCUT2D eigenvalue weighted by molar-refractivity contribution is 5.75. The number of nitrogens with zero attached hydrogens (tertiary/aromatic N) is 3. The molecule has 1 aliphatic heterocycles. The van der Waals surface area contributed by atoms with Crippen molar-refractivity contribution in [3.63, 3.8) is 0 Å². The van der Waals surface area contributed by atoms with Crippen molar-refractivity contribution in [2.75, 3.05) is 51.3 Å². The fourth-order valence-electron chi connectivity index (χ4n) is 2.67. The number of carbonyl (C=O) groups is 1. The van der Waals surface area contributed by atoms with Crippen molar-refractivity contribution in [1.82, 2.24) is 15.2 Å². The van der Waals surface area contributed by atoms with E-state index in [1.54, 1.807) is 7.11 Å². The van der Waals surface area contributed by atoms with Gasteiger partial charge in [-0.3, -0.25) is 4.79 Å². The zero-order chi connectivity index (χ0) is 16.5. The first-order valence-electron chi connectivity index (χ1n) is 8.40. The minimum atomic E-state index is 0.0572. The lowest BCUT2D eigenvalue weighted by molar-refractivity contribution is -0.121. The van der Waals surface area contributed by atoms with E-state index in [1.807, 2.05) is 18.3 Å². The van der Waals surface area contributed by atoms with Gasteiger partial charge in [0.25, 0.3) is 0 Å². The third kappa shape index (κ3) is 5.80. The summed E-state index contributed by atoms with van der Waals surface area (Å²) < 4.78 is 4.94. The maximum Gasteiger partial charge on any atom is 0.220 e. The van der Waals surface area contributed by atoms with E-state index >= 15 is 0 Å². The SMILES string of the molecule is CCN1CCN(c2ccc(CNC(=O)CCCOC)cn2)CC1. The highest BCUT2D eigenvalue weighted by atomic mass is 16.5. The van der Waals surface area contributed by atoms with Gasteiger partial charge < -0.3 is 19.9 Å². The summed E-state index contributed by atoms with van der Waals surface area (Å²) in [6.07, 6.45) is 3.11. The molecule has 6 nitrogen and oxygen atoms in total. The molecule has 1 N–H and O–H groups in total. The van der Waals surface area contributed by atoms with Gasteiger partial charge in [-0.1, -0.05) is 13.0 Å². The molecule has 0 spiro atoms. The molecule has 0 atom stereocenters. The zero-order valence-corrected chi connectivity index (χ0v) is 14.3. The van der Waals surface area contributed by atoms with Crippen LogP contribution in [-0.4, -0.2) is 62.2 Å². The van der Waals surface area contributed by atoms with Gasteiger partial charge in [-0.05, 0) is 24.6 Å². The van der Waals surface area contributed by atoms with Crippen molar-refractivity contribution in [3.8, 4) is 0 Å². The molecular formula is C17H28N4O2. The second-order valence-corrected chi connectivity index (χ2v) is 5.82. The number of rotatable bonds is 8. The predicted molar refractivity (Wildman–Crippen MR) is 91.5 cm³/mol. The third-order valence-electron chi connectivity index (χ3n) is 4.19. The third-order valence-corrected chi connectivity index (χ3v) is 4.19. The molecule has 0 saturated carbocycles. The molecule has 2 heterocycles. The molecular weight excluding hydrogens is 292 g/mol. The van der Waals surface area contributed by atoms with Gasteiger partial charge in [-0.15, -0.1) is 0 Å². The number of amides is 1. The Labute approximate surface area is 138 Å². The second kappa shape index (κ2) is 9.47. The number of carbonyl (C=O) groups excluding carboxylic acids is 1. The van der Waals surface area contributed by atoms with Crippen LogP contribution in [0.3, 0.4) is 0 Å². The van der Waals surface area contributed by atoms with E-state index in [-0.39, 0.29) is 5.91 Å². The molecule has 1 fully saturated rings. The Morgan fingerprint density at radius 3 is 2.70 bits per heavy atom. The van der Waals surface area contributed by atoms with E-state index in [0.717, 1.165) is 50.5 Å². The lowest BCUT2D eigenvalue weighted by Crippen LogP contribution is -2.46. The summed E-state index contributed by atoms with van der Waals surface area (Å²) in [5.41, 5.74) is 1.03. The number of anilines is 1. The Bertz CT molecular complexity index is 470. The first-order valence-corrected chi connectivity index (χ1v) is 8.40. The van der Waals surface area contributed by atoms with Crippen LogP contribution in [-0.2, 0) is 16.1 Å². The molecule has 1 aromatic heterocycles. The smallest absolute Gasteiger partial charge is 0.220 e. The predicted octanol–water partition coefficient (Wildman–Crippen LogP) is 1.27. The van der Waals surface area contributed by atoms with Gasteiger partial charge in [-0.25, -0.2) is 4.98 Å². The molecule has 23 heavy (non-hydrogen) atoms. The molecule has 1 amide bonds. The second-order valence-electron chi connectivity index (χ2n) is 5.82. The van der Waals surface area contributed by atoms with E-state index in [1.165, 1.54) is 0 Å². The van der Waals surface area contributed by atoms with Gasteiger partial charge in [0.2, 0.25) is 5.91 Å². The quantitative estimate of drug-likeness (QED) is 0.731. The van der Waals surface area contributed by atoms with Gasteiger partial charge in [0.15, 0.2) is 0 Å². The highest BCUT2D eigenvalue weighted by Crippen LogP contribution is 2.14. The molecule has 1 saturated heterocycles. The zero-order valence-electron chi connectivity index (χ0n) is 14.3. The average Bonchev–Trinajstić information content (AvgIpc) is 2.61. The van der Waals surface area contributed by atoms with Crippen molar-refractivity contribution < 1.29 is 9.53 Å². The number of hydrogen-bond donors (Lipinski definition) is 1. The first-order chi connectivity index (χ1) is 11.2. The average molecular weight is 320 g/mol. The van der Waals surface area contributed by atoms with Gasteiger partial charge in [0.1, 0.15) is 5.82 Å². The summed E-state index contributed by atoms with van der Waals surface area (Å²) in [6, 6.07) is 4.10. The van der Waals surface area contributed by atoms with E-state index < -0.39 is 0 Å². The maximum absolute atomic E-state index is 11.7. The van der Waals surface area contributed by atoms with E-state index in [0.29, 0.717) is 19.6 Å².